The molecule has 17 heavy (non-hydrogen) atoms. The molecule has 0 unspecified atom stereocenters. The molecule has 0 aliphatic rings. The summed E-state index contributed by atoms with van der Waals surface area (Å²) in [5.74, 6) is 0.664. The van der Waals surface area contributed by atoms with Crippen molar-refractivity contribution in [2.45, 2.75) is 27.7 Å². The van der Waals surface area contributed by atoms with E-state index in [1.54, 1.807) is 0 Å². The summed E-state index contributed by atoms with van der Waals surface area (Å²) in [6.07, 6.45) is 0. The Labute approximate surface area is 124 Å². The Kier molecular flexibility index (Phi) is 10.2. The Morgan fingerprint density at radius 3 is 2.00 bits per heavy atom. The fourth-order valence-electron chi connectivity index (χ4n) is 1.85. The van der Waals surface area contributed by atoms with E-state index in [2.05, 4.69) is 56.6 Å². The molecule has 0 atom stereocenters. The normalized spacial score (nSPS) is 12.5. The zero-order valence-electron chi connectivity index (χ0n) is 12.2. The quantitative estimate of drug-likeness (QED) is 0.449. The van der Waals surface area contributed by atoms with Crippen LogP contribution >= 0.6 is 24.0 Å². The zero-order valence-corrected chi connectivity index (χ0v) is 14.5. The van der Waals surface area contributed by atoms with E-state index in [1.165, 1.54) is 0 Å². The predicted octanol–water partition coefficient (Wildman–Crippen LogP) is 1.85. The Hall–Kier alpha value is -0.0400. The second-order valence-electron chi connectivity index (χ2n) is 5.25. The van der Waals surface area contributed by atoms with Crippen LogP contribution in [0.3, 0.4) is 0 Å². The van der Waals surface area contributed by atoms with E-state index in [4.69, 9.17) is 5.73 Å². The molecule has 0 spiro atoms. The van der Waals surface area contributed by atoms with Crippen LogP contribution in [0.15, 0.2) is 4.99 Å². The van der Waals surface area contributed by atoms with E-state index in [0.717, 1.165) is 26.2 Å². The summed E-state index contributed by atoms with van der Waals surface area (Å²) in [5, 5.41) is 0. The average molecular weight is 356 g/mol. The molecule has 0 aromatic rings. The molecule has 104 valence electrons. The molecule has 0 bridgehead atoms. The lowest BCUT2D eigenvalue weighted by Gasteiger charge is -2.27. The van der Waals surface area contributed by atoms with Crippen LogP contribution in [-0.4, -0.2) is 56.0 Å². The summed E-state index contributed by atoms with van der Waals surface area (Å²) >= 11 is 0. The van der Waals surface area contributed by atoms with Crippen LogP contribution in [0.25, 0.3) is 0 Å². The zero-order chi connectivity index (χ0) is 12.8. The van der Waals surface area contributed by atoms with Crippen molar-refractivity contribution in [2.24, 2.45) is 16.1 Å². The number of nitrogens with two attached hydrogens (primary N) is 1. The highest BCUT2D eigenvalue weighted by atomic mass is 127. The van der Waals surface area contributed by atoms with E-state index < -0.39 is 0 Å². The lowest BCUT2D eigenvalue weighted by atomic mass is 9.93. The summed E-state index contributed by atoms with van der Waals surface area (Å²) in [7, 11) is 4.17. The van der Waals surface area contributed by atoms with Crippen molar-refractivity contribution in [1.82, 2.24) is 9.80 Å². The van der Waals surface area contributed by atoms with Gasteiger partial charge in [0.05, 0.1) is 0 Å². The van der Waals surface area contributed by atoms with Gasteiger partial charge in [-0.15, -0.1) is 24.0 Å². The molecule has 0 aliphatic heterocycles. The molecular weight excluding hydrogens is 327 g/mol. The van der Waals surface area contributed by atoms with E-state index in [9.17, 15) is 0 Å². The van der Waals surface area contributed by atoms with Gasteiger partial charge in [0, 0.05) is 26.2 Å². The second-order valence-corrected chi connectivity index (χ2v) is 5.25. The van der Waals surface area contributed by atoms with Gasteiger partial charge in [0.25, 0.3) is 0 Å². The molecule has 2 N–H and O–H groups in total. The smallest absolute Gasteiger partial charge is 0.191 e. The van der Waals surface area contributed by atoms with Gasteiger partial charge < -0.3 is 15.5 Å². The lowest BCUT2D eigenvalue weighted by molar-refractivity contribution is 0.248. The number of aliphatic imine (C=N–C) groups is 1. The van der Waals surface area contributed by atoms with Crippen molar-refractivity contribution < 1.29 is 0 Å². The minimum Gasteiger partial charge on any atom is -0.370 e. The van der Waals surface area contributed by atoms with Gasteiger partial charge in [-0.05, 0) is 33.4 Å². The van der Waals surface area contributed by atoms with E-state index in [1.807, 2.05) is 0 Å². The Morgan fingerprint density at radius 1 is 1.18 bits per heavy atom. The maximum absolute atomic E-state index is 5.94. The van der Waals surface area contributed by atoms with Gasteiger partial charge in [0.15, 0.2) is 5.96 Å². The van der Waals surface area contributed by atoms with Crippen LogP contribution in [0.2, 0.25) is 0 Å². The first-order chi connectivity index (χ1) is 7.32. The Balaban J connectivity index is 0. The molecular formula is C12H29IN4. The fourth-order valence-corrected chi connectivity index (χ4v) is 1.85. The molecule has 5 heteroatoms. The molecule has 0 saturated heterocycles. The molecule has 0 saturated carbocycles. The van der Waals surface area contributed by atoms with E-state index >= 15 is 0 Å². The van der Waals surface area contributed by atoms with Gasteiger partial charge in [-0.2, -0.15) is 0 Å². The maximum atomic E-state index is 5.94. The first-order valence-electron chi connectivity index (χ1n) is 6.02. The predicted molar refractivity (Wildman–Crippen MR) is 87.2 cm³/mol. The monoisotopic (exact) mass is 356 g/mol. The molecule has 4 nitrogen and oxygen atoms in total. The van der Waals surface area contributed by atoms with Crippen LogP contribution in [0.4, 0.5) is 0 Å². The van der Waals surface area contributed by atoms with E-state index in [-0.39, 0.29) is 29.4 Å². The number of rotatable bonds is 6. The Bertz CT molecular complexity index is 223. The standard InChI is InChI=1S/C12H28N4.HI/c1-7-16(8-2)11(13)14-9-12(3,4)10-15(5)6;/h7-10H2,1-6H3,(H2,13,14);1H. The summed E-state index contributed by atoms with van der Waals surface area (Å²) in [4.78, 5) is 8.74. The van der Waals surface area contributed by atoms with Gasteiger partial charge in [-0.25, -0.2) is 0 Å². The van der Waals surface area contributed by atoms with Crippen LogP contribution in [-0.2, 0) is 0 Å². The molecule has 0 radical (unpaired) electrons. The van der Waals surface area contributed by atoms with Gasteiger partial charge in [-0.1, -0.05) is 13.8 Å². The van der Waals surface area contributed by atoms with Crippen molar-refractivity contribution in [1.29, 1.82) is 0 Å². The highest BCUT2D eigenvalue weighted by molar-refractivity contribution is 14.0. The molecule has 0 rings (SSSR count). The number of guanidine groups is 1. The van der Waals surface area contributed by atoms with Crippen molar-refractivity contribution >= 4 is 29.9 Å². The average Bonchev–Trinajstić information content (AvgIpc) is 2.15. The lowest BCUT2D eigenvalue weighted by Crippen LogP contribution is -2.38. The Morgan fingerprint density at radius 2 is 1.65 bits per heavy atom. The van der Waals surface area contributed by atoms with Gasteiger partial charge >= 0.3 is 0 Å². The first-order valence-corrected chi connectivity index (χ1v) is 6.02. The highest BCUT2D eigenvalue weighted by Crippen LogP contribution is 2.16. The van der Waals surface area contributed by atoms with Crippen molar-refractivity contribution in [3.63, 3.8) is 0 Å². The van der Waals surface area contributed by atoms with Crippen molar-refractivity contribution in [3.8, 4) is 0 Å². The van der Waals surface area contributed by atoms with Crippen LogP contribution in [0.5, 0.6) is 0 Å². The largest absolute Gasteiger partial charge is 0.370 e. The van der Waals surface area contributed by atoms with Crippen LogP contribution in [0, 0.1) is 5.41 Å². The summed E-state index contributed by atoms with van der Waals surface area (Å²) < 4.78 is 0. The molecule has 0 aliphatic carbocycles. The third-order valence-electron chi connectivity index (χ3n) is 2.50. The minimum absolute atomic E-state index is 0. The van der Waals surface area contributed by atoms with Gasteiger partial charge in [0.1, 0.15) is 0 Å². The van der Waals surface area contributed by atoms with Crippen molar-refractivity contribution in [2.75, 3.05) is 40.3 Å². The molecule has 0 fully saturated rings. The molecule has 0 aromatic carbocycles. The molecule has 0 heterocycles. The van der Waals surface area contributed by atoms with Gasteiger partial charge in [-0.3, -0.25) is 4.99 Å². The number of hydrogen-bond donors (Lipinski definition) is 1. The SMILES string of the molecule is CCN(CC)C(N)=NCC(C)(C)CN(C)C.I. The second kappa shape index (κ2) is 8.97. The van der Waals surface area contributed by atoms with Crippen molar-refractivity contribution in [3.05, 3.63) is 0 Å². The van der Waals surface area contributed by atoms with E-state index in [0.29, 0.717) is 5.96 Å². The molecule has 0 aromatic heterocycles. The fraction of sp³-hybridized carbons (Fsp3) is 0.917. The first kappa shape index (κ1) is 19.3. The van der Waals surface area contributed by atoms with Crippen LogP contribution in [0.1, 0.15) is 27.7 Å². The number of nitrogens with zero attached hydrogens (tertiary/aromatic N) is 3. The highest BCUT2D eigenvalue weighted by Gasteiger charge is 2.18. The topological polar surface area (TPSA) is 44.9 Å². The number of halogens is 1. The van der Waals surface area contributed by atoms with Crippen LogP contribution < -0.4 is 5.73 Å². The number of hydrogen-bond acceptors (Lipinski definition) is 2. The summed E-state index contributed by atoms with van der Waals surface area (Å²) in [6, 6.07) is 0. The summed E-state index contributed by atoms with van der Waals surface area (Å²) in [6.45, 7) is 12.2. The third-order valence-corrected chi connectivity index (χ3v) is 2.50. The van der Waals surface area contributed by atoms with Gasteiger partial charge in [0.2, 0.25) is 0 Å². The summed E-state index contributed by atoms with van der Waals surface area (Å²) in [5.41, 5.74) is 6.11. The maximum Gasteiger partial charge on any atom is 0.191 e. The molecule has 0 amide bonds. The third kappa shape index (κ3) is 8.65. The minimum atomic E-state index is 0.